The molecule has 0 heterocycles. The van der Waals surface area contributed by atoms with Crippen LogP contribution in [0.15, 0.2) is 42.5 Å². The average molecular weight is 397 g/mol. The van der Waals surface area contributed by atoms with Crippen molar-refractivity contribution in [2.45, 2.75) is 13.8 Å². The number of amides is 3. The normalized spacial score (nSPS) is 10.1. The molecule has 0 aliphatic heterocycles. The molecule has 3 amide bonds. The molecule has 2 N–H and O–H groups in total. The maximum Gasteiger partial charge on any atom is 0.262 e. The van der Waals surface area contributed by atoms with E-state index in [2.05, 4.69) is 10.6 Å². The summed E-state index contributed by atoms with van der Waals surface area (Å²) in [5, 5.41) is 5.26. The minimum atomic E-state index is -0.432. The van der Waals surface area contributed by atoms with Gasteiger partial charge in [0.2, 0.25) is 5.91 Å². The van der Waals surface area contributed by atoms with E-state index in [0.29, 0.717) is 22.5 Å². The van der Waals surface area contributed by atoms with Crippen LogP contribution in [0.1, 0.15) is 34.6 Å². The van der Waals surface area contributed by atoms with Crippen LogP contribution in [0.2, 0.25) is 0 Å². The summed E-state index contributed by atoms with van der Waals surface area (Å²) in [6.07, 6.45) is 0. The zero-order valence-corrected chi connectivity index (χ0v) is 16.7. The molecule has 0 saturated carbocycles. The molecular formula is C21H23N3O5. The van der Waals surface area contributed by atoms with E-state index in [1.54, 1.807) is 50.5 Å². The van der Waals surface area contributed by atoms with Crippen molar-refractivity contribution < 1.29 is 23.9 Å². The first-order chi connectivity index (χ1) is 13.7. The second-order valence-corrected chi connectivity index (χ2v) is 6.56. The smallest absolute Gasteiger partial charge is 0.262 e. The number of carbonyl (C=O) groups is 4. The summed E-state index contributed by atoms with van der Waals surface area (Å²) in [5.41, 5.74) is 1.77. The highest BCUT2D eigenvalue weighted by Gasteiger charge is 2.12. The maximum absolute atomic E-state index is 12.2. The third-order valence-electron chi connectivity index (χ3n) is 3.88. The van der Waals surface area contributed by atoms with Gasteiger partial charge in [0.15, 0.2) is 12.4 Å². The van der Waals surface area contributed by atoms with Gasteiger partial charge in [-0.25, -0.2) is 0 Å². The van der Waals surface area contributed by atoms with Crippen LogP contribution in [-0.4, -0.2) is 49.1 Å². The van der Waals surface area contributed by atoms with Crippen molar-refractivity contribution >= 4 is 34.9 Å². The Morgan fingerprint density at radius 1 is 0.897 bits per heavy atom. The highest BCUT2D eigenvalue weighted by molar-refractivity contribution is 5.97. The number of Topliss-reactive ketones (excluding diaryl/α,β-unsaturated/α-hetero) is 1. The van der Waals surface area contributed by atoms with Crippen molar-refractivity contribution in [1.82, 2.24) is 4.90 Å². The second-order valence-electron chi connectivity index (χ2n) is 6.56. The van der Waals surface area contributed by atoms with Crippen molar-refractivity contribution in [1.29, 1.82) is 0 Å². The van der Waals surface area contributed by atoms with Crippen LogP contribution in [0.25, 0.3) is 0 Å². The Morgan fingerprint density at radius 3 is 2.07 bits per heavy atom. The number of hydrogen-bond acceptors (Lipinski definition) is 5. The second kappa shape index (κ2) is 9.50. The van der Waals surface area contributed by atoms with Crippen LogP contribution in [0.4, 0.5) is 11.4 Å². The Kier molecular flexibility index (Phi) is 7.08. The highest BCUT2D eigenvalue weighted by Crippen LogP contribution is 2.26. The SMILES string of the molecule is CC(=O)Nc1ccc(C(C)=O)cc1OCC(=O)Nc1ccc(C(=O)N(C)C)cc1. The molecule has 8 nitrogen and oxygen atoms in total. The molecule has 0 aromatic heterocycles. The number of ether oxygens (including phenoxy) is 1. The fourth-order valence-electron chi connectivity index (χ4n) is 2.45. The minimum Gasteiger partial charge on any atom is -0.482 e. The maximum atomic E-state index is 12.2. The molecule has 0 atom stereocenters. The summed E-state index contributed by atoms with van der Waals surface area (Å²) in [7, 11) is 3.32. The van der Waals surface area contributed by atoms with Crippen molar-refractivity contribution in [2.75, 3.05) is 31.3 Å². The number of nitrogens with one attached hydrogen (secondary N) is 2. The fourth-order valence-corrected chi connectivity index (χ4v) is 2.45. The number of nitrogens with zero attached hydrogens (tertiary/aromatic N) is 1. The molecule has 0 spiro atoms. The summed E-state index contributed by atoms with van der Waals surface area (Å²) in [6, 6.07) is 11.1. The topological polar surface area (TPSA) is 105 Å². The van der Waals surface area contributed by atoms with Gasteiger partial charge in [0.1, 0.15) is 5.75 Å². The largest absolute Gasteiger partial charge is 0.482 e. The summed E-state index contributed by atoms with van der Waals surface area (Å²) in [4.78, 5) is 48.5. The Hall–Kier alpha value is -3.68. The quantitative estimate of drug-likeness (QED) is 0.699. The lowest BCUT2D eigenvalue weighted by Crippen LogP contribution is -2.22. The number of hydrogen-bond donors (Lipinski definition) is 2. The predicted octanol–water partition coefficient (Wildman–Crippen LogP) is 2.57. The van der Waals surface area contributed by atoms with Gasteiger partial charge in [-0.2, -0.15) is 0 Å². The molecule has 152 valence electrons. The van der Waals surface area contributed by atoms with Gasteiger partial charge in [-0.05, 0) is 49.4 Å². The molecule has 0 radical (unpaired) electrons. The monoisotopic (exact) mass is 397 g/mol. The van der Waals surface area contributed by atoms with Crippen molar-refractivity contribution in [2.24, 2.45) is 0 Å². The third kappa shape index (κ3) is 6.17. The zero-order chi connectivity index (χ0) is 21.6. The first-order valence-corrected chi connectivity index (χ1v) is 8.84. The molecule has 8 heteroatoms. The van der Waals surface area contributed by atoms with Gasteiger partial charge in [-0.15, -0.1) is 0 Å². The van der Waals surface area contributed by atoms with E-state index in [9.17, 15) is 19.2 Å². The molecule has 0 saturated heterocycles. The number of carbonyl (C=O) groups excluding carboxylic acids is 4. The summed E-state index contributed by atoms with van der Waals surface area (Å²) in [6.45, 7) is 2.43. The third-order valence-corrected chi connectivity index (χ3v) is 3.88. The molecule has 0 fully saturated rings. The number of anilines is 2. The molecule has 2 rings (SSSR count). The van der Waals surface area contributed by atoms with E-state index in [1.807, 2.05) is 0 Å². The van der Waals surface area contributed by atoms with Crippen LogP contribution in [-0.2, 0) is 9.59 Å². The number of ketones is 1. The lowest BCUT2D eigenvalue weighted by atomic mass is 10.1. The van der Waals surface area contributed by atoms with Crippen LogP contribution < -0.4 is 15.4 Å². The van der Waals surface area contributed by atoms with Crippen LogP contribution >= 0.6 is 0 Å². The van der Waals surface area contributed by atoms with Gasteiger partial charge < -0.3 is 20.3 Å². The Morgan fingerprint density at radius 2 is 1.52 bits per heavy atom. The van der Waals surface area contributed by atoms with Crippen LogP contribution in [0, 0.1) is 0 Å². The lowest BCUT2D eigenvalue weighted by Gasteiger charge is -2.13. The molecule has 2 aromatic rings. The highest BCUT2D eigenvalue weighted by atomic mass is 16.5. The van der Waals surface area contributed by atoms with Gasteiger partial charge in [-0.1, -0.05) is 0 Å². The van der Waals surface area contributed by atoms with Gasteiger partial charge in [-0.3, -0.25) is 19.2 Å². The van der Waals surface area contributed by atoms with Crippen molar-refractivity contribution in [3.8, 4) is 5.75 Å². The zero-order valence-electron chi connectivity index (χ0n) is 16.7. The molecule has 0 bridgehead atoms. The van der Waals surface area contributed by atoms with E-state index in [1.165, 1.54) is 24.8 Å². The van der Waals surface area contributed by atoms with Gasteiger partial charge in [0, 0.05) is 37.8 Å². The first kappa shape index (κ1) is 21.6. The lowest BCUT2D eigenvalue weighted by molar-refractivity contribution is -0.118. The van der Waals surface area contributed by atoms with Crippen LogP contribution in [0.3, 0.4) is 0 Å². The molecule has 0 unspecified atom stereocenters. The van der Waals surface area contributed by atoms with Crippen molar-refractivity contribution in [3.63, 3.8) is 0 Å². The Labute approximate surface area is 168 Å². The summed E-state index contributed by atoms with van der Waals surface area (Å²) < 4.78 is 5.52. The fraction of sp³-hybridized carbons (Fsp3) is 0.238. The van der Waals surface area contributed by atoms with Crippen molar-refractivity contribution in [3.05, 3.63) is 53.6 Å². The Bertz CT molecular complexity index is 936. The number of rotatable bonds is 7. The molecule has 0 aliphatic carbocycles. The first-order valence-electron chi connectivity index (χ1n) is 8.84. The molecule has 29 heavy (non-hydrogen) atoms. The van der Waals surface area contributed by atoms with E-state index in [0.717, 1.165) is 0 Å². The summed E-state index contributed by atoms with van der Waals surface area (Å²) >= 11 is 0. The van der Waals surface area contributed by atoms with E-state index in [-0.39, 0.29) is 30.0 Å². The van der Waals surface area contributed by atoms with Gasteiger partial charge in [0.25, 0.3) is 11.8 Å². The average Bonchev–Trinajstić information content (AvgIpc) is 2.66. The van der Waals surface area contributed by atoms with E-state index < -0.39 is 5.91 Å². The minimum absolute atomic E-state index is 0.137. The van der Waals surface area contributed by atoms with E-state index >= 15 is 0 Å². The molecule has 0 aliphatic rings. The standard InChI is InChI=1S/C21H23N3O5/c1-13(25)16-7-10-18(22-14(2)26)19(11-16)29-12-20(27)23-17-8-5-15(6-9-17)21(28)24(3)4/h5-11H,12H2,1-4H3,(H,22,26)(H,23,27). The molecule has 2 aromatic carbocycles. The van der Waals surface area contributed by atoms with Gasteiger partial charge in [0.05, 0.1) is 5.69 Å². The Balaban J connectivity index is 2.04. The van der Waals surface area contributed by atoms with E-state index in [4.69, 9.17) is 4.74 Å². The van der Waals surface area contributed by atoms with Crippen LogP contribution in [0.5, 0.6) is 5.75 Å². The number of benzene rings is 2. The predicted molar refractivity (Wildman–Crippen MR) is 109 cm³/mol. The molecular weight excluding hydrogens is 374 g/mol. The summed E-state index contributed by atoms with van der Waals surface area (Å²) in [5.74, 6) is -0.820. The van der Waals surface area contributed by atoms with Gasteiger partial charge >= 0.3 is 0 Å².